The summed E-state index contributed by atoms with van der Waals surface area (Å²) in [4.78, 5) is 10.8. The molecule has 1 fully saturated rings. The van der Waals surface area contributed by atoms with E-state index < -0.39 is 0 Å². The molecule has 1 aromatic rings. The van der Waals surface area contributed by atoms with E-state index in [2.05, 4.69) is 10.6 Å². The molecule has 0 aromatic heterocycles. The van der Waals surface area contributed by atoms with Crippen LogP contribution in [0.4, 0.5) is 0 Å². The molecule has 0 spiro atoms. The van der Waals surface area contributed by atoms with E-state index in [4.69, 9.17) is 4.74 Å². The number of piperazine rings is 1. The number of carbonyl (C=O) groups excluding carboxylic acids is 1. The number of rotatable bonds is 2. The van der Waals surface area contributed by atoms with E-state index in [0.29, 0.717) is 11.8 Å². The summed E-state index contributed by atoms with van der Waals surface area (Å²) in [6.45, 7) is 4.34. The number of halogens is 1. The molecule has 1 aliphatic heterocycles. The molecule has 4 nitrogen and oxygen atoms in total. The second-order valence-corrected chi connectivity index (χ2v) is 3.87. The molecular weight excluding hydrogens is 240 g/mol. The maximum Gasteiger partial charge on any atom is 0.308 e. The van der Waals surface area contributed by atoms with Crippen LogP contribution in [0.1, 0.15) is 18.5 Å². The zero-order valence-corrected chi connectivity index (χ0v) is 10.5. The number of benzene rings is 1. The average Bonchev–Trinajstić information content (AvgIpc) is 2.30. The van der Waals surface area contributed by atoms with Crippen molar-refractivity contribution in [1.82, 2.24) is 10.6 Å². The summed E-state index contributed by atoms with van der Waals surface area (Å²) in [6, 6.07) is 7.98. The summed E-state index contributed by atoms with van der Waals surface area (Å²) >= 11 is 0. The predicted octanol–water partition coefficient (Wildman–Crippen LogP) is 1.27. The van der Waals surface area contributed by atoms with Crippen LogP contribution in [-0.4, -0.2) is 25.6 Å². The highest BCUT2D eigenvalue weighted by Crippen LogP contribution is 2.18. The summed E-state index contributed by atoms with van der Waals surface area (Å²) in [5, 5.41) is 6.76. The fourth-order valence-corrected chi connectivity index (χ4v) is 1.82. The minimum Gasteiger partial charge on any atom is -0.427 e. The Morgan fingerprint density at radius 2 is 2.00 bits per heavy atom. The van der Waals surface area contributed by atoms with Crippen LogP contribution in [0.25, 0.3) is 0 Å². The van der Waals surface area contributed by atoms with E-state index in [9.17, 15) is 4.79 Å². The van der Waals surface area contributed by atoms with Gasteiger partial charge in [0.1, 0.15) is 5.75 Å². The first-order chi connectivity index (χ1) is 7.75. The van der Waals surface area contributed by atoms with Crippen LogP contribution >= 0.6 is 12.4 Å². The van der Waals surface area contributed by atoms with Gasteiger partial charge in [0.25, 0.3) is 0 Å². The predicted molar refractivity (Wildman–Crippen MR) is 68.6 cm³/mol. The number of hydrogen-bond donors (Lipinski definition) is 2. The van der Waals surface area contributed by atoms with Crippen molar-refractivity contribution < 1.29 is 9.53 Å². The standard InChI is InChI=1S/C12H16N2O2.ClH/c1-9(15)16-11-4-2-10(3-5-11)12-8-13-6-7-14-12;/h2-5,12-14H,6-8H2,1H3;1H/t12-;/m0./s1. The van der Waals surface area contributed by atoms with E-state index in [1.807, 2.05) is 24.3 Å². The fraction of sp³-hybridized carbons (Fsp3) is 0.417. The van der Waals surface area contributed by atoms with Gasteiger partial charge in [0, 0.05) is 32.6 Å². The number of nitrogens with one attached hydrogen (secondary N) is 2. The van der Waals surface area contributed by atoms with Crippen molar-refractivity contribution in [3.8, 4) is 5.75 Å². The monoisotopic (exact) mass is 256 g/mol. The Morgan fingerprint density at radius 3 is 2.53 bits per heavy atom. The van der Waals surface area contributed by atoms with Crippen molar-refractivity contribution in [3.05, 3.63) is 29.8 Å². The Balaban J connectivity index is 0.00000144. The zero-order chi connectivity index (χ0) is 11.4. The van der Waals surface area contributed by atoms with Gasteiger partial charge in [-0.2, -0.15) is 0 Å². The van der Waals surface area contributed by atoms with Crippen molar-refractivity contribution in [2.24, 2.45) is 0 Å². The minimum atomic E-state index is -0.287. The molecule has 0 unspecified atom stereocenters. The van der Waals surface area contributed by atoms with Gasteiger partial charge in [-0.25, -0.2) is 0 Å². The van der Waals surface area contributed by atoms with Crippen molar-refractivity contribution in [3.63, 3.8) is 0 Å². The van der Waals surface area contributed by atoms with Gasteiger partial charge < -0.3 is 15.4 Å². The van der Waals surface area contributed by atoms with Crippen molar-refractivity contribution in [1.29, 1.82) is 0 Å². The first kappa shape index (κ1) is 14.0. The molecule has 1 aromatic carbocycles. The molecule has 0 bridgehead atoms. The Hall–Kier alpha value is -1.10. The molecular formula is C12H17ClN2O2. The Morgan fingerprint density at radius 1 is 1.29 bits per heavy atom. The van der Waals surface area contributed by atoms with Crippen LogP contribution in [-0.2, 0) is 4.79 Å². The molecule has 17 heavy (non-hydrogen) atoms. The van der Waals surface area contributed by atoms with E-state index in [1.54, 1.807) is 0 Å². The molecule has 1 atom stereocenters. The lowest BCUT2D eigenvalue weighted by Crippen LogP contribution is -2.42. The van der Waals surface area contributed by atoms with Crippen molar-refractivity contribution in [2.75, 3.05) is 19.6 Å². The second-order valence-electron chi connectivity index (χ2n) is 3.87. The molecule has 94 valence electrons. The van der Waals surface area contributed by atoms with Gasteiger partial charge in [-0.15, -0.1) is 12.4 Å². The lowest BCUT2D eigenvalue weighted by molar-refractivity contribution is -0.131. The summed E-state index contributed by atoms with van der Waals surface area (Å²) in [5.41, 5.74) is 1.21. The molecule has 1 heterocycles. The van der Waals surface area contributed by atoms with Crippen LogP contribution in [0, 0.1) is 0 Å². The molecule has 0 aliphatic carbocycles. The average molecular weight is 257 g/mol. The molecule has 0 saturated carbocycles. The van der Waals surface area contributed by atoms with Crippen molar-refractivity contribution in [2.45, 2.75) is 13.0 Å². The highest BCUT2D eigenvalue weighted by Gasteiger charge is 2.13. The van der Waals surface area contributed by atoms with Crippen LogP contribution in [0.3, 0.4) is 0 Å². The lowest BCUT2D eigenvalue weighted by Gasteiger charge is -2.24. The van der Waals surface area contributed by atoms with E-state index >= 15 is 0 Å². The molecule has 1 saturated heterocycles. The molecule has 0 amide bonds. The Kier molecular flexibility index (Phi) is 5.41. The number of hydrogen-bond acceptors (Lipinski definition) is 4. The molecule has 1 aliphatic rings. The maximum atomic E-state index is 10.8. The summed E-state index contributed by atoms with van der Waals surface area (Å²) < 4.78 is 4.98. The second kappa shape index (κ2) is 6.59. The van der Waals surface area contributed by atoms with E-state index in [0.717, 1.165) is 19.6 Å². The quantitative estimate of drug-likeness (QED) is 0.618. The normalized spacial score (nSPS) is 19.2. The van der Waals surface area contributed by atoms with Gasteiger partial charge in [0.05, 0.1) is 0 Å². The zero-order valence-electron chi connectivity index (χ0n) is 9.73. The third-order valence-electron chi connectivity index (χ3n) is 2.59. The van der Waals surface area contributed by atoms with Gasteiger partial charge in [-0.05, 0) is 17.7 Å². The lowest BCUT2D eigenvalue weighted by atomic mass is 10.1. The van der Waals surface area contributed by atoms with Crippen LogP contribution in [0.2, 0.25) is 0 Å². The van der Waals surface area contributed by atoms with Gasteiger partial charge in [-0.3, -0.25) is 4.79 Å². The van der Waals surface area contributed by atoms with E-state index in [1.165, 1.54) is 12.5 Å². The fourth-order valence-electron chi connectivity index (χ4n) is 1.82. The highest BCUT2D eigenvalue weighted by molar-refractivity contribution is 5.85. The minimum absolute atomic E-state index is 0. The smallest absolute Gasteiger partial charge is 0.308 e. The Bertz CT molecular complexity index is 361. The highest BCUT2D eigenvalue weighted by atomic mass is 35.5. The molecule has 2 N–H and O–H groups in total. The third-order valence-corrected chi connectivity index (χ3v) is 2.59. The number of ether oxygens (including phenoxy) is 1. The van der Waals surface area contributed by atoms with Crippen LogP contribution in [0.15, 0.2) is 24.3 Å². The van der Waals surface area contributed by atoms with Crippen LogP contribution < -0.4 is 15.4 Å². The molecule has 2 rings (SSSR count). The largest absolute Gasteiger partial charge is 0.427 e. The van der Waals surface area contributed by atoms with Crippen molar-refractivity contribution >= 4 is 18.4 Å². The number of carbonyl (C=O) groups is 1. The van der Waals surface area contributed by atoms with E-state index in [-0.39, 0.29) is 18.4 Å². The molecule has 0 radical (unpaired) electrons. The summed E-state index contributed by atoms with van der Waals surface area (Å²) in [7, 11) is 0. The third kappa shape index (κ3) is 4.00. The number of esters is 1. The SMILES string of the molecule is CC(=O)Oc1ccc([C@@H]2CNCCN2)cc1.Cl. The molecule has 5 heteroatoms. The first-order valence-electron chi connectivity index (χ1n) is 5.48. The van der Waals surface area contributed by atoms with Gasteiger partial charge in [-0.1, -0.05) is 12.1 Å². The topological polar surface area (TPSA) is 50.4 Å². The first-order valence-corrected chi connectivity index (χ1v) is 5.48. The van der Waals surface area contributed by atoms with Gasteiger partial charge in [0.15, 0.2) is 0 Å². The Labute approximate surface area is 107 Å². The van der Waals surface area contributed by atoms with Gasteiger partial charge >= 0.3 is 5.97 Å². The summed E-state index contributed by atoms with van der Waals surface area (Å²) in [6.07, 6.45) is 0. The van der Waals surface area contributed by atoms with Gasteiger partial charge in [0.2, 0.25) is 0 Å². The summed E-state index contributed by atoms with van der Waals surface area (Å²) in [5.74, 6) is 0.310. The van der Waals surface area contributed by atoms with Crippen LogP contribution in [0.5, 0.6) is 5.75 Å². The maximum absolute atomic E-state index is 10.8.